The van der Waals surface area contributed by atoms with E-state index in [-0.39, 0.29) is 12.5 Å². The molecule has 6 rings (SSSR count). The summed E-state index contributed by atoms with van der Waals surface area (Å²) in [7, 11) is 0. The number of piperidine rings is 1. The van der Waals surface area contributed by atoms with Gasteiger partial charge in [-0.2, -0.15) is 4.90 Å². The highest BCUT2D eigenvalue weighted by Crippen LogP contribution is 2.41. The van der Waals surface area contributed by atoms with Gasteiger partial charge in [0.05, 0.1) is 19.9 Å². The smallest absolute Gasteiger partial charge is 0.236 e. The highest BCUT2D eigenvalue weighted by Gasteiger charge is 2.60. The van der Waals surface area contributed by atoms with Crippen molar-refractivity contribution < 1.29 is 4.74 Å². The number of likely N-dealkylation sites (tertiary alicyclic amines) is 1. The largest absolute Gasteiger partial charge is 0.379 e. The normalized spacial score (nSPS) is 35.5. The Bertz CT molecular complexity index is 801. The topological polar surface area (TPSA) is 77.1 Å². The molecule has 0 bridgehead atoms. The minimum atomic E-state index is -0.548. The Morgan fingerprint density at radius 2 is 1.82 bits per heavy atom. The standard InChI is InChI=1S/C23H38N10O/c1-3-11-29(12-4-1)23(30-16-18-34-19-17-30)31(32-13-5-2-7-27-32)14-6-21(28-15-10-24-20-28)33(23)22-25-8-9-26-22/h5-6,8,10,13-15,21-22,24,26-27H,1-4,7,9,11-12,16-20H2. The monoisotopic (exact) mass is 470 g/mol. The van der Waals surface area contributed by atoms with Crippen molar-refractivity contribution in [1.29, 1.82) is 0 Å². The molecule has 6 heterocycles. The van der Waals surface area contributed by atoms with Crippen LogP contribution < -0.4 is 16.1 Å². The molecule has 0 aromatic rings. The summed E-state index contributed by atoms with van der Waals surface area (Å²) in [6.45, 7) is 7.79. The second-order valence-corrected chi connectivity index (χ2v) is 9.49. The van der Waals surface area contributed by atoms with Gasteiger partial charge in [-0.3, -0.25) is 15.2 Å². The van der Waals surface area contributed by atoms with E-state index >= 15 is 0 Å². The van der Waals surface area contributed by atoms with Crippen molar-refractivity contribution in [3.05, 3.63) is 37.0 Å². The predicted octanol–water partition coefficient (Wildman–Crippen LogP) is -0.196. The van der Waals surface area contributed by atoms with E-state index in [1.54, 1.807) is 0 Å². The molecule has 3 N–H and O–H groups in total. The van der Waals surface area contributed by atoms with Crippen LogP contribution in [0.1, 0.15) is 25.7 Å². The zero-order valence-electron chi connectivity index (χ0n) is 19.9. The van der Waals surface area contributed by atoms with Crippen molar-refractivity contribution in [3.63, 3.8) is 0 Å². The molecule has 6 aliphatic heterocycles. The number of nitrogens with one attached hydrogen (secondary N) is 3. The molecule has 34 heavy (non-hydrogen) atoms. The van der Waals surface area contributed by atoms with Crippen LogP contribution in [0.15, 0.2) is 41.9 Å². The van der Waals surface area contributed by atoms with Gasteiger partial charge in [0.15, 0.2) is 6.29 Å². The summed E-state index contributed by atoms with van der Waals surface area (Å²) in [5.74, 6) is -0.548. The van der Waals surface area contributed by atoms with Gasteiger partial charge in [-0.15, -0.1) is 0 Å². The Hall–Kier alpha value is -2.15. The second kappa shape index (κ2) is 9.84. The SMILES string of the molecule is C1=CN(N2C=CC(N3C=CNC3)N(C3N=CCN3)C2(N2CCCCC2)N2CCOCC2)NCC1. The first-order valence-electron chi connectivity index (χ1n) is 12.8. The van der Waals surface area contributed by atoms with E-state index in [9.17, 15) is 0 Å². The van der Waals surface area contributed by atoms with Gasteiger partial charge >= 0.3 is 0 Å². The van der Waals surface area contributed by atoms with Crippen LogP contribution >= 0.6 is 0 Å². The van der Waals surface area contributed by atoms with Crippen LogP contribution in [0.2, 0.25) is 0 Å². The molecule has 0 aromatic carbocycles. The molecule has 3 unspecified atom stereocenters. The van der Waals surface area contributed by atoms with E-state index in [0.29, 0.717) is 0 Å². The third-order valence-electron chi connectivity index (χ3n) is 7.52. The number of nitrogens with zero attached hydrogens (tertiary/aromatic N) is 7. The van der Waals surface area contributed by atoms with E-state index < -0.39 is 5.91 Å². The molecule has 11 heteroatoms. The van der Waals surface area contributed by atoms with Gasteiger partial charge in [0.2, 0.25) is 5.91 Å². The molecule has 0 spiro atoms. The van der Waals surface area contributed by atoms with E-state index in [1.165, 1.54) is 19.3 Å². The summed E-state index contributed by atoms with van der Waals surface area (Å²) in [6.07, 6.45) is 19.9. The van der Waals surface area contributed by atoms with Crippen LogP contribution in [0.25, 0.3) is 0 Å². The van der Waals surface area contributed by atoms with Gasteiger partial charge in [0.25, 0.3) is 0 Å². The summed E-state index contributed by atoms with van der Waals surface area (Å²) in [5.41, 5.74) is 3.63. The first kappa shape index (κ1) is 22.3. The maximum Gasteiger partial charge on any atom is 0.236 e. The van der Waals surface area contributed by atoms with Crippen LogP contribution in [0.3, 0.4) is 0 Å². The number of morpholine rings is 1. The van der Waals surface area contributed by atoms with Crippen LogP contribution in [-0.2, 0) is 4.74 Å². The highest BCUT2D eigenvalue weighted by atomic mass is 16.5. The van der Waals surface area contributed by atoms with Crippen molar-refractivity contribution >= 4 is 6.21 Å². The lowest BCUT2D eigenvalue weighted by Crippen LogP contribution is -2.85. The van der Waals surface area contributed by atoms with E-state index in [4.69, 9.17) is 9.73 Å². The van der Waals surface area contributed by atoms with Crippen LogP contribution in [0, 0.1) is 0 Å². The Kier molecular flexibility index (Phi) is 6.46. The van der Waals surface area contributed by atoms with Crippen LogP contribution in [-0.4, -0.2) is 113 Å². The summed E-state index contributed by atoms with van der Waals surface area (Å²) in [4.78, 5) is 15.2. The molecular weight excluding hydrogens is 432 g/mol. The summed E-state index contributed by atoms with van der Waals surface area (Å²) >= 11 is 0. The number of aliphatic imine (C=N–C) groups is 1. The predicted molar refractivity (Wildman–Crippen MR) is 130 cm³/mol. The first-order chi connectivity index (χ1) is 16.9. The first-order valence-corrected chi connectivity index (χ1v) is 12.8. The molecule has 0 aliphatic carbocycles. The van der Waals surface area contributed by atoms with Crippen LogP contribution in [0.4, 0.5) is 0 Å². The van der Waals surface area contributed by atoms with Gasteiger partial charge in [-0.1, -0.05) is 12.5 Å². The zero-order chi connectivity index (χ0) is 22.8. The molecule has 186 valence electrons. The van der Waals surface area contributed by atoms with Gasteiger partial charge in [-0.05, 0) is 25.3 Å². The van der Waals surface area contributed by atoms with Crippen molar-refractivity contribution in [1.82, 2.24) is 45.8 Å². The average Bonchev–Trinajstić information content (AvgIpc) is 3.64. The highest BCUT2D eigenvalue weighted by molar-refractivity contribution is 5.62. The number of hydrogen-bond donors (Lipinski definition) is 3. The van der Waals surface area contributed by atoms with E-state index in [1.807, 2.05) is 12.4 Å². The summed E-state index contributed by atoms with van der Waals surface area (Å²) in [6, 6.07) is 0. The average molecular weight is 471 g/mol. The lowest BCUT2D eigenvalue weighted by Gasteiger charge is -2.66. The van der Waals surface area contributed by atoms with E-state index in [2.05, 4.69) is 76.5 Å². The van der Waals surface area contributed by atoms with Gasteiger partial charge in [-0.25, -0.2) is 20.5 Å². The summed E-state index contributed by atoms with van der Waals surface area (Å²) in [5, 5.41) is 11.6. The number of rotatable bonds is 5. The van der Waals surface area contributed by atoms with Crippen LogP contribution in [0.5, 0.6) is 0 Å². The zero-order valence-corrected chi connectivity index (χ0v) is 19.9. The molecule has 0 saturated carbocycles. The second-order valence-electron chi connectivity index (χ2n) is 9.49. The molecule has 2 fully saturated rings. The van der Waals surface area contributed by atoms with Gasteiger partial charge < -0.3 is 15.0 Å². The lowest BCUT2D eigenvalue weighted by molar-refractivity contribution is -0.339. The fraction of sp³-hybridized carbons (Fsp3) is 0.696. The van der Waals surface area contributed by atoms with Gasteiger partial charge in [0.1, 0.15) is 6.17 Å². The maximum atomic E-state index is 5.86. The molecule has 0 aromatic heterocycles. The van der Waals surface area contributed by atoms with Gasteiger partial charge in [0, 0.05) is 70.3 Å². The molecule has 0 amide bonds. The number of hydrogen-bond acceptors (Lipinski definition) is 11. The maximum absolute atomic E-state index is 5.86. The molecule has 6 aliphatic rings. The Morgan fingerprint density at radius 1 is 0.971 bits per heavy atom. The summed E-state index contributed by atoms with van der Waals surface area (Å²) < 4.78 is 5.86. The molecule has 3 atom stereocenters. The molecular formula is C23H38N10O. The van der Waals surface area contributed by atoms with Crippen molar-refractivity contribution in [2.24, 2.45) is 4.99 Å². The number of ether oxygens (including phenoxy) is 1. The van der Waals surface area contributed by atoms with Crippen molar-refractivity contribution in [2.45, 2.75) is 44.0 Å². The Labute approximate surface area is 202 Å². The third-order valence-corrected chi connectivity index (χ3v) is 7.52. The minimum absolute atomic E-state index is 0.0359. The molecule has 0 radical (unpaired) electrons. The number of hydrazine groups is 2. The third kappa shape index (κ3) is 3.80. The minimum Gasteiger partial charge on any atom is -0.379 e. The lowest BCUT2D eigenvalue weighted by atomic mass is 10.1. The van der Waals surface area contributed by atoms with E-state index in [0.717, 1.165) is 65.6 Å². The molecule has 2 saturated heterocycles. The molecule has 11 nitrogen and oxygen atoms in total. The fourth-order valence-corrected chi connectivity index (χ4v) is 6.03. The van der Waals surface area contributed by atoms with Crippen molar-refractivity contribution in [2.75, 3.05) is 59.2 Å². The fourth-order valence-electron chi connectivity index (χ4n) is 6.03. The quantitative estimate of drug-likeness (QED) is 0.503. The van der Waals surface area contributed by atoms with Crippen molar-refractivity contribution in [3.8, 4) is 0 Å². The Morgan fingerprint density at radius 3 is 2.53 bits per heavy atom. The Balaban J connectivity index is 1.53.